The number of anilines is 1. The first-order valence-corrected chi connectivity index (χ1v) is 14.5. The largest absolute Gasteiger partial charge is 0.494 e. The van der Waals surface area contributed by atoms with Gasteiger partial charge in [0, 0.05) is 37.8 Å². The Bertz CT molecular complexity index is 1640. The number of ether oxygens (including phenoxy) is 2. The van der Waals surface area contributed by atoms with Crippen LogP contribution in [-0.4, -0.2) is 91.5 Å². The molecule has 3 N–H and O–H groups in total. The summed E-state index contributed by atoms with van der Waals surface area (Å²) in [7, 11) is 2.73. The molecule has 2 aromatic carbocycles. The van der Waals surface area contributed by atoms with E-state index in [1.165, 1.54) is 32.4 Å². The van der Waals surface area contributed by atoms with Crippen molar-refractivity contribution in [3.8, 4) is 17.6 Å². The Morgan fingerprint density at radius 1 is 1.16 bits per heavy atom. The van der Waals surface area contributed by atoms with E-state index in [-0.39, 0.29) is 46.4 Å². The van der Waals surface area contributed by atoms with Crippen LogP contribution in [0.25, 0.3) is 11.0 Å². The van der Waals surface area contributed by atoms with E-state index < -0.39 is 30.4 Å². The first-order valence-electron chi connectivity index (χ1n) is 14.5. The number of rotatable bonds is 8. The van der Waals surface area contributed by atoms with Crippen LogP contribution in [0.3, 0.4) is 0 Å². The summed E-state index contributed by atoms with van der Waals surface area (Å²) in [6, 6.07) is 5.63. The van der Waals surface area contributed by atoms with E-state index in [9.17, 15) is 27.2 Å². The van der Waals surface area contributed by atoms with Gasteiger partial charge in [0.2, 0.25) is 0 Å². The van der Waals surface area contributed by atoms with Gasteiger partial charge in [-0.25, -0.2) is 9.37 Å². The number of nitrogens with zero attached hydrogens (tertiary/aromatic N) is 3. The molecule has 14 heteroatoms. The number of halogens is 4. The van der Waals surface area contributed by atoms with Crippen LogP contribution in [-0.2, 0) is 11.3 Å². The summed E-state index contributed by atoms with van der Waals surface area (Å²) in [6.07, 6.45) is -2.70. The molecule has 2 saturated heterocycles. The van der Waals surface area contributed by atoms with Gasteiger partial charge in [-0.15, -0.1) is 0 Å². The standard InChI is InChI=1S/C31H34F4N6O4/c1-18-13-40(20-14-45-15-20)8-6-24(18)39-30(43)22-9-19(10-26-28(22)38-17-41(26)16-31(33,34)35)5-4-7-37-25-11-21(29(42)36-2)23(32)12-27(25)44-3/h9-12,17-18,20,24,37H,6-8,13-16H2,1-3H3,(H,36,42)(H,39,43)/t18-,24-/m0/s1. The zero-order chi connectivity index (χ0) is 32.3. The molecule has 0 aliphatic carbocycles. The third kappa shape index (κ3) is 7.32. The highest BCUT2D eigenvalue weighted by atomic mass is 19.4. The van der Waals surface area contributed by atoms with Crippen LogP contribution < -0.4 is 20.7 Å². The number of methoxy groups -OCH3 is 1. The van der Waals surface area contributed by atoms with Crippen LogP contribution in [0.15, 0.2) is 30.6 Å². The van der Waals surface area contributed by atoms with Crippen molar-refractivity contribution in [1.29, 1.82) is 0 Å². The second-order valence-electron chi connectivity index (χ2n) is 11.2. The van der Waals surface area contributed by atoms with Crippen molar-refractivity contribution in [3.63, 3.8) is 0 Å². The highest BCUT2D eigenvalue weighted by Crippen LogP contribution is 2.29. The number of hydrogen-bond donors (Lipinski definition) is 3. The minimum absolute atomic E-state index is 0.0126. The lowest BCUT2D eigenvalue weighted by Crippen LogP contribution is -2.57. The van der Waals surface area contributed by atoms with Gasteiger partial charge in [-0.2, -0.15) is 13.2 Å². The van der Waals surface area contributed by atoms with Gasteiger partial charge in [0.05, 0.1) is 61.6 Å². The van der Waals surface area contributed by atoms with Gasteiger partial charge in [0.1, 0.15) is 23.6 Å². The Morgan fingerprint density at radius 3 is 2.58 bits per heavy atom. The number of nitrogens with one attached hydrogen (secondary N) is 3. The van der Waals surface area contributed by atoms with Gasteiger partial charge in [-0.3, -0.25) is 14.5 Å². The molecular formula is C31H34F4N6O4. The third-order valence-corrected chi connectivity index (χ3v) is 8.07. The number of carbonyl (C=O) groups is 2. The zero-order valence-corrected chi connectivity index (χ0v) is 25.1. The Balaban J connectivity index is 1.38. The average molecular weight is 631 g/mol. The second kappa shape index (κ2) is 13.3. The topological polar surface area (TPSA) is 110 Å². The Labute approximate surface area is 257 Å². The zero-order valence-electron chi connectivity index (χ0n) is 25.1. The molecule has 0 unspecified atom stereocenters. The van der Waals surface area contributed by atoms with E-state index in [1.807, 2.05) is 0 Å². The van der Waals surface area contributed by atoms with Gasteiger partial charge in [-0.1, -0.05) is 18.8 Å². The lowest BCUT2D eigenvalue weighted by atomic mass is 9.92. The van der Waals surface area contributed by atoms with Gasteiger partial charge < -0.3 is 30.0 Å². The van der Waals surface area contributed by atoms with E-state index in [0.717, 1.165) is 36.5 Å². The van der Waals surface area contributed by atoms with Gasteiger partial charge in [0.15, 0.2) is 0 Å². The normalized spacial score (nSPS) is 18.9. The number of aromatic nitrogens is 2. The van der Waals surface area contributed by atoms with Crippen molar-refractivity contribution in [1.82, 2.24) is 25.1 Å². The molecular weight excluding hydrogens is 596 g/mol. The summed E-state index contributed by atoms with van der Waals surface area (Å²) < 4.78 is 65.8. The SMILES string of the molecule is CNC(=O)c1cc(NCC#Cc2cc(C(=O)N[C@H]3CCN(C4COC4)C[C@@H]3C)c3ncn(CC(F)(F)F)c3c2)c(OC)cc1F. The molecule has 2 aliphatic heterocycles. The molecule has 1 aromatic heterocycles. The fraction of sp³-hybridized carbons (Fsp3) is 0.452. The summed E-state index contributed by atoms with van der Waals surface area (Å²) in [6.45, 7) is 3.82. The van der Waals surface area contributed by atoms with Gasteiger partial charge in [0.25, 0.3) is 11.8 Å². The lowest BCUT2D eigenvalue weighted by molar-refractivity contribution is -0.139. The molecule has 10 nitrogen and oxygen atoms in total. The van der Waals surface area contributed by atoms with E-state index in [0.29, 0.717) is 30.5 Å². The van der Waals surface area contributed by atoms with Gasteiger partial charge in [-0.05, 0) is 30.5 Å². The van der Waals surface area contributed by atoms with Crippen LogP contribution in [0.2, 0.25) is 0 Å². The predicted octanol–water partition coefficient (Wildman–Crippen LogP) is 3.41. The number of alkyl halides is 3. The Hall–Kier alpha value is -4.35. The van der Waals surface area contributed by atoms with Crippen LogP contribution in [0.1, 0.15) is 39.6 Å². The number of hydrogen-bond acceptors (Lipinski definition) is 7. The molecule has 240 valence electrons. The smallest absolute Gasteiger partial charge is 0.406 e. The minimum Gasteiger partial charge on any atom is -0.494 e. The van der Waals surface area contributed by atoms with Crippen molar-refractivity contribution in [2.24, 2.45) is 5.92 Å². The molecule has 2 amide bonds. The number of benzene rings is 2. The Kier molecular flexibility index (Phi) is 9.50. The third-order valence-electron chi connectivity index (χ3n) is 8.07. The molecule has 0 bridgehead atoms. The number of fused-ring (bicyclic) bond motifs is 1. The van der Waals surface area contributed by atoms with Crippen molar-refractivity contribution >= 4 is 28.5 Å². The summed E-state index contributed by atoms with van der Waals surface area (Å²) >= 11 is 0. The molecule has 3 aromatic rings. The molecule has 3 heterocycles. The fourth-order valence-corrected chi connectivity index (χ4v) is 5.59. The number of amides is 2. The molecule has 2 atom stereocenters. The monoisotopic (exact) mass is 630 g/mol. The predicted molar refractivity (Wildman–Crippen MR) is 159 cm³/mol. The van der Waals surface area contributed by atoms with Crippen molar-refractivity contribution in [2.75, 3.05) is 52.3 Å². The molecule has 5 rings (SSSR count). The Morgan fingerprint density at radius 2 is 1.93 bits per heavy atom. The van der Waals surface area contributed by atoms with Crippen LogP contribution >= 0.6 is 0 Å². The van der Waals surface area contributed by atoms with Crippen molar-refractivity contribution in [2.45, 2.75) is 38.1 Å². The van der Waals surface area contributed by atoms with Crippen molar-refractivity contribution in [3.05, 3.63) is 53.1 Å². The van der Waals surface area contributed by atoms with Gasteiger partial charge >= 0.3 is 6.18 Å². The first-order chi connectivity index (χ1) is 21.5. The number of likely N-dealkylation sites (tertiary alicyclic amines) is 1. The number of imidazole rings is 1. The lowest BCUT2D eigenvalue weighted by Gasteiger charge is -2.44. The summed E-state index contributed by atoms with van der Waals surface area (Å²) in [4.78, 5) is 32.1. The molecule has 2 aliphatic rings. The van der Waals surface area contributed by atoms with Crippen LogP contribution in [0.5, 0.6) is 5.75 Å². The minimum atomic E-state index is -4.50. The molecule has 0 radical (unpaired) electrons. The van der Waals surface area contributed by atoms with E-state index in [4.69, 9.17) is 9.47 Å². The fourth-order valence-electron chi connectivity index (χ4n) is 5.59. The average Bonchev–Trinajstić information content (AvgIpc) is 3.36. The van der Waals surface area contributed by atoms with Crippen LogP contribution in [0.4, 0.5) is 23.2 Å². The second-order valence-corrected chi connectivity index (χ2v) is 11.2. The maximum Gasteiger partial charge on any atom is 0.406 e. The highest BCUT2D eigenvalue weighted by molar-refractivity contribution is 6.05. The quantitative estimate of drug-likeness (QED) is 0.259. The molecule has 45 heavy (non-hydrogen) atoms. The summed E-state index contributed by atoms with van der Waals surface area (Å²) in [5.41, 5.74) is 0.835. The van der Waals surface area contributed by atoms with E-state index in [1.54, 1.807) is 0 Å². The molecule has 0 spiro atoms. The first kappa shape index (κ1) is 32.1. The summed E-state index contributed by atoms with van der Waals surface area (Å²) in [5, 5.41) is 8.41. The number of carbonyl (C=O) groups excluding carboxylic acids is 2. The maximum atomic E-state index is 14.3. The number of piperidine rings is 1. The molecule has 0 saturated carbocycles. The van der Waals surface area contributed by atoms with E-state index in [2.05, 4.69) is 44.6 Å². The highest BCUT2D eigenvalue weighted by Gasteiger charge is 2.34. The summed E-state index contributed by atoms with van der Waals surface area (Å²) in [5.74, 6) is 4.26. The maximum absolute atomic E-state index is 14.3. The van der Waals surface area contributed by atoms with Crippen molar-refractivity contribution < 1.29 is 36.6 Å². The van der Waals surface area contributed by atoms with Crippen LogP contribution in [0, 0.1) is 23.6 Å². The molecule has 2 fully saturated rings. The van der Waals surface area contributed by atoms with E-state index >= 15 is 0 Å².